The largest absolute Gasteiger partial charge is 0.396 e. The van der Waals surface area contributed by atoms with Gasteiger partial charge in [-0.05, 0) is 37.9 Å². The molecule has 0 amide bonds. The Labute approximate surface area is 120 Å². The summed E-state index contributed by atoms with van der Waals surface area (Å²) in [6.07, 6.45) is 6.91. The van der Waals surface area contributed by atoms with Gasteiger partial charge in [0.05, 0.1) is 0 Å². The first-order chi connectivity index (χ1) is 9.06. The fourth-order valence-corrected chi connectivity index (χ4v) is 5.61. The quantitative estimate of drug-likeness (QED) is 0.788. The number of hydrogen-bond donors (Lipinski definition) is 2. The van der Waals surface area contributed by atoms with E-state index in [-0.39, 0.29) is 18.6 Å². The molecule has 3 atom stereocenters. The molecule has 2 fully saturated rings. The summed E-state index contributed by atoms with van der Waals surface area (Å²) < 4.78 is 29.2. The van der Waals surface area contributed by atoms with E-state index in [1.165, 1.54) is 4.31 Å². The van der Waals surface area contributed by atoms with Crippen LogP contribution < -0.4 is 4.72 Å². The lowest BCUT2D eigenvalue weighted by Gasteiger charge is -2.32. The predicted octanol–water partition coefficient (Wildman–Crippen LogP) is 0.809. The Morgan fingerprint density at radius 3 is 2.79 bits per heavy atom. The average Bonchev–Trinajstić information content (AvgIpc) is 2.85. The van der Waals surface area contributed by atoms with Gasteiger partial charge in [-0.2, -0.15) is 29.2 Å². The maximum absolute atomic E-state index is 12.4. The summed E-state index contributed by atoms with van der Waals surface area (Å²) in [4.78, 5) is 0. The van der Waals surface area contributed by atoms with E-state index in [9.17, 15) is 13.5 Å². The Morgan fingerprint density at radius 1 is 1.32 bits per heavy atom. The second-order valence-electron chi connectivity index (χ2n) is 5.48. The third-order valence-electron chi connectivity index (χ3n) is 4.14. The second-order valence-corrected chi connectivity index (χ2v) is 8.26. The van der Waals surface area contributed by atoms with Crippen molar-refractivity contribution in [2.24, 2.45) is 5.92 Å². The van der Waals surface area contributed by atoms with Crippen LogP contribution in [0.3, 0.4) is 0 Å². The van der Waals surface area contributed by atoms with Crippen molar-refractivity contribution in [2.45, 2.75) is 43.4 Å². The molecule has 1 saturated heterocycles. The maximum atomic E-state index is 12.4. The van der Waals surface area contributed by atoms with Gasteiger partial charge in [-0.1, -0.05) is 6.42 Å². The highest BCUT2D eigenvalue weighted by atomic mass is 32.2. The van der Waals surface area contributed by atoms with Crippen LogP contribution in [0.2, 0.25) is 0 Å². The summed E-state index contributed by atoms with van der Waals surface area (Å²) in [6.45, 7) is 1.09. The van der Waals surface area contributed by atoms with E-state index in [0.717, 1.165) is 32.1 Å². The first-order valence-electron chi connectivity index (χ1n) is 6.98. The summed E-state index contributed by atoms with van der Waals surface area (Å²) in [7, 11) is -3.39. The molecule has 0 bridgehead atoms. The highest BCUT2D eigenvalue weighted by Gasteiger charge is 2.34. The molecule has 1 aliphatic carbocycles. The molecule has 1 heterocycles. The maximum Gasteiger partial charge on any atom is 0.279 e. The highest BCUT2D eigenvalue weighted by Crippen LogP contribution is 2.29. The van der Waals surface area contributed by atoms with Crippen molar-refractivity contribution in [2.75, 3.05) is 26.0 Å². The van der Waals surface area contributed by atoms with Crippen molar-refractivity contribution >= 4 is 22.0 Å². The number of nitrogens with one attached hydrogen (secondary N) is 1. The SMILES string of the molecule is CSC1CCCC1NS(=O)(=O)N1CCCC(CO)C1. The molecule has 0 aromatic heterocycles. The molecule has 112 valence electrons. The summed E-state index contributed by atoms with van der Waals surface area (Å²) in [5.41, 5.74) is 0. The van der Waals surface area contributed by atoms with Gasteiger partial charge in [0.1, 0.15) is 0 Å². The average molecular weight is 308 g/mol. The van der Waals surface area contributed by atoms with Gasteiger partial charge in [0.2, 0.25) is 0 Å². The summed E-state index contributed by atoms with van der Waals surface area (Å²) >= 11 is 1.75. The van der Waals surface area contributed by atoms with Crippen LogP contribution in [0.4, 0.5) is 0 Å². The van der Waals surface area contributed by atoms with Crippen molar-refractivity contribution in [1.29, 1.82) is 0 Å². The van der Waals surface area contributed by atoms with E-state index in [1.807, 2.05) is 6.26 Å². The van der Waals surface area contributed by atoms with Crippen LogP contribution in [-0.2, 0) is 10.2 Å². The zero-order chi connectivity index (χ0) is 13.9. The van der Waals surface area contributed by atoms with Gasteiger partial charge >= 0.3 is 0 Å². The van der Waals surface area contributed by atoms with Crippen molar-refractivity contribution < 1.29 is 13.5 Å². The fourth-order valence-electron chi connectivity index (χ4n) is 3.00. The third kappa shape index (κ3) is 3.85. The standard InChI is InChI=1S/C12H24N2O3S2/c1-18-12-6-2-5-11(12)13-19(16,17)14-7-3-4-10(8-14)9-15/h10-13,15H,2-9H2,1H3. The molecule has 1 saturated carbocycles. The Bertz CT molecular complexity index is 388. The summed E-state index contributed by atoms with van der Waals surface area (Å²) in [5.74, 6) is 0.0882. The van der Waals surface area contributed by atoms with E-state index in [1.54, 1.807) is 11.8 Å². The monoisotopic (exact) mass is 308 g/mol. The minimum absolute atomic E-state index is 0.0644. The topological polar surface area (TPSA) is 69.6 Å². The normalized spacial score (nSPS) is 33.7. The van der Waals surface area contributed by atoms with Crippen LogP contribution in [0.25, 0.3) is 0 Å². The Kier molecular flexibility index (Phi) is 5.54. The Balaban J connectivity index is 1.97. The molecule has 2 rings (SSSR count). The van der Waals surface area contributed by atoms with Crippen molar-refractivity contribution in [1.82, 2.24) is 9.03 Å². The molecule has 1 aliphatic heterocycles. The Hall–Kier alpha value is 0.180. The predicted molar refractivity (Wildman–Crippen MR) is 78.4 cm³/mol. The van der Waals surface area contributed by atoms with Crippen LogP contribution in [0.1, 0.15) is 32.1 Å². The number of piperidine rings is 1. The minimum Gasteiger partial charge on any atom is -0.396 e. The number of nitrogens with zero attached hydrogens (tertiary/aromatic N) is 1. The van der Waals surface area contributed by atoms with E-state index < -0.39 is 10.2 Å². The molecular weight excluding hydrogens is 284 g/mol. The number of rotatable bonds is 5. The van der Waals surface area contributed by atoms with Crippen molar-refractivity contribution in [3.63, 3.8) is 0 Å². The van der Waals surface area contributed by atoms with Gasteiger partial charge in [0.25, 0.3) is 10.2 Å². The third-order valence-corrected chi connectivity index (χ3v) is 6.92. The first kappa shape index (κ1) is 15.6. The smallest absolute Gasteiger partial charge is 0.279 e. The van der Waals surface area contributed by atoms with E-state index >= 15 is 0 Å². The van der Waals surface area contributed by atoms with E-state index in [4.69, 9.17) is 0 Å². The van der Waals surface area contributed by atoms with Crippen LogP contribution >= 0.6 is 11.8 Å². The van der Waals surface area contributed by atoms with Gasteiger partial charge in [0, 0.05) is 31.0 Å². The number of thioether (sulfide) groups is 1. The number of hydrogen-bond acceptors (Lipinski definition) is 4. The molecule has 3 unspecified atom stereocenters. The molecule has 0 spiro atoms. The van der Waals surface area contributed by atoms with Gasteiger partial charge in [-0.3, -0.25) is 0 Å². The molecule has 2 N–H and O–H groups in total. The highest BCUT2D eigenvalue weighted by molar-refractivity contribution is 7.99. The van der Waals surface area contributed by atoms with E-state index in [2.05, 4.69) is 4.72 Å². The lowest BCUT2D eigenvalue weighted by molar-refractivity contribution is 0.164. The van der Waals surface area contributed by atoms with Crippen molar-refractivity contribution in [3.05, 3.63) is 0 Å². The molecule has 2 aliphatic rings. The zero-order valence-electron chi connectivity index (χ0n) is 11.4. The van der Waals surface area contributed by atoms with Crippen LogP contribution in [0.15, 0.2) is 0 Å². The van der Waals surface area contributed by atoms with Crippen LogP contribution in [0, 0.1) is 5.92 Å². The Morgan fingerprint density at radius 2 is 2.11 bits per heavy atom. The molecule has 7 heteroatoms. The zero-order valence-corrected chi connectivity index (χ0v) is 13.0. The molecule has 19 heavy (non-hydrogen) atoms. The minimum atomic E-state index is -3.39. The van der Waals surface area contributed by atoms with Gasteiger partial charge in [-0.15, -0.1) is 0 Å². The van der Waals surface area contributed by atoms with Gasteiger partial charge in [0.15, 0.2) is 0 Å². The molecule has 5 nitrogen and oxygen atoms in total. The van der Waals surface area contributed by atoms with Crippen LogP contribution in [-0.4, -0.2) is 55.1 Å². The molecule has 0 aromatic rings. The summed E-state index contributed by atoms with van der Waals surface area (Å²) in [6, 6.07) is 0.0644. The lowest BCUT2D eigenvalue weighted by Crippen LogP contribution is -2.50. The second kappa shape index (κ2) is 6.76. The van der Waals surface area contributed by atoms with Gasteiger partial charge in [-0.25, -0.2) is 0 Å². The lowest BCUT2D eigenvalue weighted by atomic mass is 10.0. The first-order valence-corrected chi connectivity index (χ1v) is 9.70. The van der Waals surface area contributed by atoms with Crippen molar-refractivity contribution in [3.8, 4) is 0 Å². The molecule has 0 radical (unpaired) electrons. The van der Waals surface area contributed by atoms with E-state index in [0.29, 0.717) is 18.3 Å². The molecular formula is C12H24N2O3S2. The fraction of sp³-hybridized carbons (Fsp3) is 1.00. The number of aliphatic hydroxyl groups is 1. The van der Waals surface area contributed by atoms with Gasteiger partial charge < -0.3 is 5.11 Å². The molecule has 0 aromatic carbocycles. The van der Waals surface area contributed by atoms with Crippen LogP contribution in [0.5, 0.6) is 0 Å². The summed E-state index contributed by atoms with van der Waals surface area (Å²) in [5, 5.41) is 9.59. The number of aliphatic hydroxyl groups excluding tert-OH is 1.